The predicted molar refractivity (Wildman–Crippen MR) is 139 cm³/mol. The van der Waals surface area contributed by atoms with Gasteiger partial charge >= 0.3 is 5.97 Å². The molecule has 16 heteroatoms. The van der Waals surface area contributed by atoms with Crippen LogP contribution in [-0.2, 0) is 30.4 Å². The number of phenols is 1. The van der Waals surface area contributed by atoms with E-state index in [1.165, 1.54) is 31.2 Å². The summed E-state index contributed by atoms with van der Waals surface area (Å²) in [5, 5.41) is 37.3. The van der Waals surface area contributed by atoms with E-state index in [1.807, 2.05) is 0 Å². The van der Waals surface area contributed by atoms with Gasteiger partial charge in [0, 0.05) is 13.0 Å². The summed E-state index contributed by atoms with van der Waals surface area (Å²) in [5.41, 5.74) is 16.8. The Morgan fingerprint density at radius 3 is 2.15 bits per heavy atom. The van der Waals surface area contributed by atoms with Gasteiger partial charge in [0.25, 0.3) is 0 Å². The summed E-state index contributed by atoms with van der Waals surface area (Å²) in [7, 11) is 0. The second-order valence-corrected chi connectivity index (χ2v) is 8.58. The van der Waals surface area contributed by atoms with Gasteiger partial charge in [0.05, 0.1) is 19.2 Å². The van der Waals surface area contributed by atoms with E-state index < -0.39 is 66.9 Å². The van der Waals surface area contributed by atoms with E-state index in [0.717, 1.165) is 0 Å². The number of hydrogen-bond acceptors (Lipinski definition) is 9. The fraction of sp³-hybridized carbons (Fsp3) is 0.478. The number of nitrogens with one attached hydrogen (secondary N) is 4. The molecule has 0 heterocycles. The minimum absolute atomic E-state index is 0.000701. The van der Waals surface area contributed by atoms with E-state index in [-0.39, 0.29) is 31.1 Å². The molecule has 0 aliphatic rings. The Kier molecular flexibility index (Phi) is 13.7. The smallest absolute Gasteiger partial charge is 0.326 e. The third-order valence-corrected chi connectivity index (χ3v) is 5.30. The Bertz CT molecular complexity index is 1030. The molecule has 1 aromatic rings. The van der Waals surface area contributed by atoms with Crippen LogP contribution in [0.1, 0.15) is 25.3 Å². The molecule has 0 saturated carbocycles. The van der Waals surface area contributed by atoms with Gasteiger partial charge in [-0.05, 0) is 37.5 Å². The third-order valence-electron chi connectivity index (χ3n) is 5.30. The van der Waals surface area contributed by atoms with Crippen LogP contribution in [-0.4, -0.2) is 94.7 Å². The number of carbonyl (C=O) groups excluding carboxylic acids is 4. The number of hydrogen-bond donors (Lipinski definition) is 10. The maximum absolute atomic E-state index is 12.4. The number of guanidine groups is 1. The van der Waals surface area contributed by atoms with E-state index in [1.54, 1.807) is 0 Å². The molecule has 0 aliphatic heterocycles. The van der Waals surface area contributed by atoms with Crippen LogP contribution in [0.15, 0.2) is 29.3 Å². The van der Waals surface area contributed by atoms with Gasteiger partial charge in [-0.25, -0.2) is 4.79 Å². The predicted octanol–water partition coefficient (Wildman–Crippen LogP) is -4.02. The van der Waals surface area contributed by atoms with Gasteiger partial charge in [0.15, 0.2) is 5.96 Å². The first-order chi connectivity index (χ1) is 18.3. The van der Waals surface area contributed by atoms with Crippen LogP contribution in [0.4, 0.5) is 0 Å². The number of benzene rings is 1. The molecule has 0 aliphatic carbocycles. The number of rotatable bonds is 16. The number of carboxylic acid groups (broad SMARTS) is 1. The molecule has 39 heavy (non-hydrogen) atoms. The summed E-state index contributed by atoms with van der Waals surface area (Å²) < 4.78 is 0. The number of aliphatic carboxylic acids is 1. The van der Waals surface area contributed by atoms with Crippen LogP contribution in [0.3, 0.4) is 0 Å². The molecule has 1 rings (SSSR count). The van der Waals surface area contributed by atoms with Crippen LogP contribution in [0.2, 0.25) is 0 Å². The summed E-state index contributed by atoms with van der Waals surface area (Å²) >= 11 is 0. The minimum atomic E-state index is -1.45. The molecule has 13 N–H and O–H groups in total. The topological polar surface area (TPSA) is 285 Å². The van der Waals surface area contributed by atoms with Crippen molar-refractivity contribution in [3.63, 3.8) is 0 Å². The van der Waals surface area contributed by atoms with Crippen molar-refractivity contribution in [3.05, 3.63) is 29.8 Å². The highest BCUT2D eigenvalue weighted by atomic mass is 16.4. The normalized spacial score (nSPS) is 13.6. The molecular formula is C23H36N8O8. The highest BCUT2D eigenvalue weighted by Crippen LogP contribution is 2.11. The second-order valence-electron chi connectivity index (χ2n) is 8.58. The van der Waals surface area contributed by atoms with Gasteiger partial charge in [-0.1, -0.05) is 12.1 Å². The van der Waals surface area contributed by atoms with Crippen molar-refractivity contribution in [2.45, 2.75) is 50.4 Å². The van der Waals surface area contributed by atoms with Crippen LogP contribution in [0.25, 0.3) is 0 Å². The van der Waals surface area contributed by atoms with Crippen LogP contribution >= 0.6 is 0 Å². The van der Waals surface area contributed by atoms with Gasteiger partial charge in [-0.15, -0.1) is 0 Å². The maximum atomic E-state index is 12.4. The van der Waals surface area contributed by atoms with Crippen LogP contribution < -0.4 is 38.5 Å². The summed E-state index contributed by atoms with van der Waals surface area (Å²) in [4.78, 5) is 64.4. The quantitative estimate of drug-likeness (QED) is 0.0535. The number of aromatic hydroxyl groups is 1. The number of carboxylic acids is 1. The first-order valence-electron chi connectivity index (χ1n) is 11.9. The zero-order valence-electron chi connectivity index (χ0n) is 21.4. The Morgan fingerprint density at radius 1 is 0.949 bits per heavy atom. The van der Waals surface area contributed by atoms with E-state index >= 15 is 0 Å². The third kappa shape index (κ3) is 12.6. The number of aliphatic hydroxyl groups is 1. The molecule has 0 bridgehead atoms. The molecule has 0 saturated heterocycles. The molecule has 0 fully saturated rings. The standard InChI is InChI=1S/C23H36N8O8/c1-12(29-20(36)15(24)3-2-8-27-23(25)26)19(35)31-17(11-32)21(37)28-10-18(34)30-16(22(38)39)9-13-4-6-14(33)7-5-13/h4-7,12,15-17,32-33H,2-3,8-11,24H2,1H3,(H,28,37)(H,29,36)(H,30,34)(H,31,35)(H,38,39)(H4,25,26,27)/t12-,15-,16-,17-/m0/s1. The molecule has 0 spiro atoms. The number of nitrogens with two attached hydrogens (primary N) is 3. The second kappa shape index (κ2) is 16.4. The molecule has 1 aromatic carbocycles. The fourth-order valence-electron chi connectivity index (χ4n) is 3.13. The van der Waals surface area contributed by atoms with Gasteiger partial charge < -0.3 is 53.8 Å². The molecule has 4 amide bonds. The van der Waals surface area contributed by atoms with E-state index in [2.05, 4.69) is 26.3 Å². The summed E-state index contributed by atoms with van der Waals surface area (Å²) in [6.45, 7) is 0.174. The van der Waals surface area contributed by atoms with Gasteiger partial charge in [0.2, 0.25) is 23.6 Å². The van der Waals surface area contributed by atoms with Crippen molar-refractivity contribution in [1.82, 2.24) is 21.3 Å². The van der Waals surface area contributed by atoms with Crippen molar-refractivity contribution in [2.24, 2.45) is 22.2 Å². The van der Waals surface area contributed by atoms with Crippen molar-refractivity contribution < 1.29 is 39.3 Å². The Morgan fingerprint density at radius 2 is 1.59 bits per heavy atom. The van der Waals surface area contributed by atoms with E-state index in [0.29, 0.717) is 12.0 Å². The number of phenolic OH excluding ortho intramolecular Hbond substituents is 1. The highest BCUT2D eigenvalue weighted by molar-refractivity contribution is 5.94. The van der Waals surface area contributed by atoms with Crippen LogP contribution in [0, 0.1) is 0 Å². The summed E-state index contributed by atoms with van der Waals surface area (Å²) in [6.07, 6.45) is 0.601. The largest absolute Gasteiger partial charge is 0.508 e. The lowest BCUT2D eigenvalue weighted by Gasteiger charge is -2.21. The maximum Gasteiger partial charge on any atom is 0.326 e. The zero-order chi connectivity index (χ0) is 29.5. The molecule has 0 unspecified atom stereocenters. The SMILES string of the molecule is C[C@H](NC(=O)[C@@H](N)CCCN=C(N)N)C(=O)N[C@@H](CO)C(=O)NCC(=O)N[C@@H](Cc1ccc(O)cc1)C(=O)O. The average Bonchev–Trinajstić information content (AvgIpc) is 2.88. The minimum Gasteiger partial charge on any atom is -0.508 e. The fourth-order valence-corrected chi connectivity index (χ4v) is 3.13. The molecule has 0 radical (unpaired) electrons. The number of aliphatic imine (C=N–C) groups is 1. The Hall–Kier alpha value is -4.44. The number of carbonyl (C=O) groups is 5. The zero-order valence-corrected chi connectivity index (χ0v) is 21.4. The summed E-state index contributed by atoms with van der Waals surface area (Å²) in [5.74, 6) is -4.56. The lowest BCUT2D eigenvalue weighted by molar-refractivity contribution is -0.141. The number of amides is 4. The number of aliphatic hydroxyl groups excluding tert-OH is 1. The molecule has 0 aromatic heterocycles. The molecule has 216 valence electrons. The average molecular weight is 553 g/mol. The van der Waals surface area contributed by atoms with E-state index in [9.17, 15) is 39.3 Å². The first kappa shape index (κ1) is 32.6. The highest BCUT2D eigenvalue weighted by Gasteiger charge is 2.26. The van der Waals surface area contributed by atoms with Gasteiger partial charge in [-0.2, -0.15) is 0 Å². The molecule has 4 atom stereocenters. The molecule has 16 nitrogen and oxygen atoms in total. The van der Waals surface area contributed by atoms with Crippen molar-refractivity contribution >= 4 is 35.6 Å². The van der Waals surface area contributed by atoms with E-state index in [4.69, 9.17) is 17.2 Å². The monoisotopic (exact) mass is 552 g/mol. The molecular weight excluding hydrogens is 516 g/mol. The Balaban J connectivity index is 2.53. The number of nitrogens with zero attached hydrogens (tertiary/aromatic N) is 1. The van der Waals surface area contributed by atoms with Crippen LogP contribution in [0.5, 0.6) is 5.75 Å². The van der Waals surface area contributed by atoms with Gasteiger partial charge in [0.1, 0.15) is 23.9 Å². The first-order valence-corrected chi connectivity index (χ1v) is 11.9. The Labute approximate surface area is 224 Å². The van der Waals surface area contributed by atoms with Crippen molar-refractivity contribution in [2.75, 3.05) is 19.7 Å². The van der Waals surface area contributed by atoms with Gasteiger partial charge in [-0.3, -0.25) is 24.2 Å². The lowest BCUT2D eigenvalue weighted by atomic mass is 10.1. The summed E-state index contributed by atoms with van der Waals surface area (Å²) in [6, 6.07) is 0.936. The lowest BCUT2D eigenvalue weighted by Crippen LogP contribution is -2.56. The van der Waals surface area contributed by atoms with Crippen molar-refractivity contribution in [3.8, 4) is 5.75 Å². The van der Waals surface area contributed by atoms with Crippen molar-refractivity contribution in [1.29, 1.82) is 0 Å².